The van der Waals surface area contributed by atoms with Crippen LogP contribution in [0.25, 0.3) is 11.5 Å². The second kappa shape index (κ2) is 7.24. The molecular formula is C18H16N4O5. The summed E-state index contributed by atoms with van der Waals surface area (Å²) in [5.41, 5.74) is 6.96. The van der Waals surface area contributed by atoms with Gasteiger partial charge in [-0.1, -0.05) is 17.7 Å². The minimum Gasteiger partial charge on any atom is -0.449 e. The fraction of sp³-hybridized carbons (Fsp3) is 0.167. The van der Waals surface area contributed by atoms with Gasteiger partial charge in [0.25, 0.3) is 11.6 Å². The molecule has 0 saturated carbocycles. The fourth-order valence-corrected chi connectivity index (χ4v) is 2.32. The van der Waals surface area contributed by atoms with Crippen molar-refractivity contribution >= 4 is 17.3 Å². The van der Waals surface area contributed by atoms with Gasteiger partial charge in [0.05, 0.1) is 10.5 Å². The van der Waals surface area contributed by atoms with Gasteiger partial charge in [-0.05, 0) is 38.1 Å². The van der Waals surface area contributed by atoms with Crippen LogP contribution >= 0.6 is 0 Å². The number of nitrogens with zero attached hydrogens (tertiary/aromatic N) is 3. The molecule has 9 nitrogen and oxygen atoms in total. The maximum atomic E-state index is 12.3. The summed E-state index contributed by atoms with van der Waals surface area (Å²) in [4.78, 5) is 22.5. The molecule has 1 heterocycles. The molecule has 1 atom stereocenters. The maximum absolute atomic E-state index is 12.3. The monoisotopic (exact) mass is 368 g/mol. The lowest BCUT2D eigenvalue weighted by Crippen LogP contribution is -2.10. The van der Waals surface area contributed by atoms with Gasteiger partial charge in [-0.2, -0.15) is 0 Å². The van der Waals surface area contributed by atoms with Crippen molar-refractivity contribution in [3.63, 3.8) is 0 Å². The van der Waals surface area contributed by atoms with Crippen LogP contribution in [-0.2, 0) is 4.74 Å². The molecule has 0 unspecified atom stereocenters. The third-order valence-electron chi connectivity index (χ3n) is 3.83. The lowest BCUT2D eigenvalue weighted by atomic mass is 10.1. The third-order valence-corrected chi connectivity index (χ3v) is 3.83. The predicted molar refractivity (Wildman–Crippen MR) is 95.8 cm³/mol. The first-order valence-electron chi connectivity index (χ1n) is 8.00. The van der Waals surface area contributed by atoms with Crippen molar-refractivity contribution in [2.45, 2.75) is 20.0 Å². The number of ether oxygens (including phenoxy) is 1. The summed E-state index contributed by atoms with van der Waals surface area (Å²) in [6.45, 7) is 3.53. The lowest BCUT2D eigenvalue weighted by molar-refractivity contribution is -0.383. The van der Waals surface area contributed by atoms with E-state index in [1.807, 2.05) is 31.2 Å². The maximum Gasteiger partial charge on any atom is 0.339 e. The van der Waals surface area contributed by atoms with Crippen molar-refractivity contribution in [2.75, 3.05) is 5.73 Å². The number of nitrogen functional groups attached to an aromatic ring is 1. The van der Waals surface area contributed by atoms with Crippen molar-refractivity contribution in [1.29, 1.82) is 0 Å². The fourth-order valence-electron chi connectivity index (χ4n) is 2.32. The normalized spacial score (nSPS) is 11.8. The molecule has 27 heavy (non-hydrogen) atoms. The summed E-state index contributed by atoms with van der Waals surface area (Å²) < 4.78 is 10.8. The van der Waals surface area contributed by atoms with Gasteiger partial charge >= 0.3 is 5.97 Å². The van der Waals surface area contributed by atoms with Gasteiger partial charge in [-0.15, -0.1) is 10.2 Å². The van der Waals surface area contributed by atoms with Gasteiger partial charge in [0, 0.05) is 11.6 Å². The highest BCUT2D eigenvalue weighted by Gasteiger charge is 2.22. The quantitative estimate of drug-likeness (QED) is 0.313. The zero-order chi connectivity index (χ0) is 19.6. The molecule has 2 aromatic carbocycles. The van der Waals surface area contributed by atoms with Crippen LogP contribution in [0.5, 0.6) is 0 Å². The van der Waals surface area contributed by atoms with Crippen LogP contribution < -0.4 is 5.73 Å². The van der Waals surface area contributed by atoms with E-state index in [0.717, 1.165) is 17.2 Å². The highest BCUT2D eigenvalue weighted by molar-refractivity contribution is 5.91. The van der Waals surface area contributed by atoms with Gasteiger partial charge in [0.1, 0.15) is 5.69 Å². The summed E-state index contributed by atoms with van der Waals surface area (Å²) in [5.74, 6) is -0.347. The van der Waals surface area contributed by atoms with E-state index in [0.29, 0.717) is 5.89 Å². The Morgan fingerprint density at radius 3 is 2.59 bits per heavy atom. The number of hydrogen-bond donors (Lipinski definition) is 1. The highest BCUT2D eigenvalue weighted by atomic mass is 16.6. The summed E-state index contributed by atoms with van der Waals surface area (Å²) in [7, 11) is 0. The summed E-state index contributed by atoms with van der Waals surface area (Å²) >= 11 is 0. The second-order valence-corrected chi connectivity index (χ2v) is 5.89. The summed E-state index contributed by atoms with van der Waals surface area (Å²) in [6.07, 6.45) is -0.833. The molecule has 3 aromatic rings. The zero-order valence-electron chi connectivity index (χ0n) is 14.6. The van der Waals surface area contributed by atoms with Gasteiger partial charge < -0.3 is 14.9 Å². The molecule has 0 aliphatic carbocycles. The van der Waals surface area contributed by atoms with Crippen LogP contribution in [0, 0.1) is 17.0 Å². The molecule has 138 valence electrons. The molecule has 0 fully saturated rings. The number of aromatic nitrogens is 2. The smallest absolute Gasteiger partial charge is 0.339 e. The molecule has 0 amide bonds. The Bertz CT molecular complexity index is 997. The molecule has 0 aliphatic rings. The Balaban J connectivity index is 1.75. The molecule has 0 saturated heterocycles. The van der Waals surface area contributed by atoms with Gasteiger partial charge in [0.2, 0.25) is 5.89 Å². The number of hydrogen-bond acceptors (Lipinski definition) is 8. The van der Waals surface area contributed by atoms with Crippen molar-refractivity contribution in [3.05, 3.63) is 69.6 Å². The number of nitro groups is 1. The minimum atomic E-state index is -0.833. The van der Waals surface area contributed by atoms with E-state index < -0.39 is 17.0 Å². The number of nitrogens with two attached hydrogens (primary N) is 1. The molecule has 2 N–H and O–H groups in total. The van der Waals surface area contributed by atoms with Crippen LogP contribution in [0.4, 0.5) is 11.4 Å². The topological polar surface area (TPSA) is 134 Å². The second-order valence-electron chi connectivity index (χ2n) is 5.89. The number of benzene rings is 2. The SMILES string of the molecule is Cc1ccc(-c2nnc([C@H](C)OC(=O)c3ccc(N)c([N+](=O)[O-])c3)o2)cc1. The zero-order valence-corrected chi connectivity index (χ0v) is 14.6. The Hall–Kier alpha value is -3.75. The highest BCUT2D eigenvalue weighted by Crippen LogP contribution is 2.26. The molecule has 3 rings (SSSR count). The van der Waals surface area contributed by atoms with E-state index in [2.05, 4.69) is 10.2 Å². The van der Waals surface area contributed by atoms with E-state index in [1.165, 1.54) is 12.1 Å². The molecule has 0 bridgehead atoms. The van der Waals surface area contributed by atoms with E-state index in [1.54, 1.807) is 6.92 Å². The first-order valence-corrected chi connectivity index (χ1v) is 8.00. The van der Waals surface area contributed by atoms with E-state index >= 15 is 0 Å². The number of esters is 1. The Kier molecular flexibility index (Phi) is 4.84. The van der Waals surface area contributed by atoms with Crippen molar-refractivity contribution < 1.29 is 18.9 Å². The third kappa shape index (κ3) is 3.92. The molecule has 1 aromatic heterocycles. The summed E-state index contributed by atoms with van der Waals surface area (Å²) in [6, 6.07) is 11.2. The van der Waals surface area contributed by atoms with Crippen LogP contribution in [0.3, 0.4) is 0 Å². The standard InChI is InChI=1S/C18H16N4O5/c1-10-3-5-12(6-4-10)17-21-20-16(27-17)11(2)26-18(23)13-7-8-14(19)15(9-13)22(24)25/h3-9,11H,19H2,1-2H3/t11-/m0/s1. The lowest BCUT2D eigenvalue weighted by Gasteiger charge is -2.09. The van der Waals surface area contributed by atoms with Gasteiger partial charge in [0.15, 0.2) is 6.10 Å². The number of aryl methyl sites for hydroxylation is 1. The molecule has 0 spiro atoms. The summed E-state index contributed by atoms with van der Waals surface area (Å²) in [5, 5.41) is 18.8. The molecular weight excluding hydrogens is 352 g/mol. The van der Waals surface area contributed by atoms with Crippen molar-refractivity contribution in [2.24, 2.45) is 0 Å². The molecule has 9 heteroatoms. The number of anilines is 1. The van der Waals surface area contributed by atoms with E-state index in [9.17, 15) is 14.9 Å². The van der Waals surface area contributed by atoms with Crippen molar-refractivity contribution in [1.82, 2.24) is 10.2 Å². The van der Waals surface area contributed by atoms with Crippen LogP contribution in [0.2, 0.25) is 0 Å². The first kappa shape index (κ1) is 18.1. The molecule has 0 radical (unpaired) electrons. The average molecular weight is 368 g/mol. The number of rotatable bonds is 5. The van der Waals surface area contributed by atoms with Crippen LogP contribution in [-0.4, -0.2) is 21.1 Å². The Morgan fingerprint density at radius 2 is 1.93 bits per heavy atom. The average Bonchev–Trinajstić information content (AvgIpc) is 3.12. The van der Waals surface area contributed by atoms with E-state index in [-0.39, 0.29) is 22.8 Å². The largest absolute Gasteiger partial charge is 0.449 e. The van der Waals surface area contributed by atoms with Crippen LogP contribution in [0.1, 0.15) is 34.8 Å². The van der Waals surface area contributed by atoms with Gasteiger partial charge in [-0.25, -0.2) is 4.79 Å². The molecule has 0 aliphatic heterocycles. The Morgan fingerprint density at radius 1 is 1.22 bits per heavy atom. The number of nitro benzene ring substituents is 1. The first-order chi connectivity index (χ1) is 12.8. The van der Waals surface area contributed by atoms with E-state index in [4.69, 9.17) is 14.9 Å². The Labute approximate surface area is 153 Å². The minimum absolute atomic E-state index is 0.000948. The predicted octanol–water partition coefficient (Wildman–Crippen LogP) is 3.45. The number of carbonyl (C=O) groups is 1. The van der Waals surface area contributed by atoms with Crippen molar-refractivity contribution in [3.8, 4) is 11.5 Å². The number of carbonyl (C=O) groups excluding carboxylic acids is 1. The van der Waals surface area contributed by atoms with Gasteiger partial charge in [-0.3, -0.25) is 10.1 Å². The van der Waals surface area contributed by atoms with Crippen LogP contribution in [0.15, 0.2) is 46.9 Å².